The fourth-order valence-electron chi connectivity index (χ4n) is 2.38. The van der Waals surface area contributed by atoms with E-state index >= 15 is 0 Å². The first kappa shape index (κ1) is 15.8. The molecular weight excluding hydrogens is 284 g/mol. The maximum absolute atomic E-state index is 11.8. The van der Waals surface area contributed by atoms with Crippen molar-refractivity contribution in [2.45, 2.75) is 19.3 Å². The molecule has 1 aliphatic carbocycles. The van der Waals surface area contributed by atoms with Crippen molar-refractivity contribution in [3.8, 4) is 11.8 Å². The van der Waals surface area contributed by atoms with E-state index in [2.05, 4.69) is 16.6 Å². The number of hydrogen-bond acceptors (Lipinski definition) is 5. The summed E-state index contributed by atoms with van der Waals surface area (Å²) in [6, 6.07) is 6.66. The minimum Gasteiger partial charge on any atom is -0.469 e. The Kier molecular flexibility index (Phi) is 4.62. The first-order valence-corrected chi connectivity index (χ1v) is 6.78. The third-order valence-corrected chi connectivity index (χ3v) is 3.66. The van der Waals surface area contributed by atoms with Crippen LogP contribution in [0.1, 0.15) is 35.2 Å². The first-order valence-electron chi connectivity index (χ1n) is 6.78. The molecule has 0 aliphatic heterocycles. The molecule has 5 nitrogen and oxygen atoms in total. The Labute approximate surface area is 128 Å². The van der Waals surface area contributed by atoms with Gasteiger partial charge in [0.25, 0.3) is 0 Å². The SMILES string of the molecule is COC(=O)c1ccc(C#CCC2(C(=O)OC)CC(=O)C2)cc1. The fraction of sp³-hybridized carbons (Fsp3) is 0.353. The second kappa shape index (κ2) is 6.44. The van der Waals surface area contributed by atoms with Gasteiger partial charge in [0, 0.05) is 24.8 Å². The molecule has 0 spiro atoms. The third kappa shape index (κ3) is 3.17. The van der Waals surface area contributed by atoms with Crippen molar-refractivity contribution in [1.29, 1.82) is 0 Å². The first-order chi connectivity index (χ1) is 10.5. The summed E-state index contributed by atoms with van der Waals surface area (Å²) >= 11 is 0. The number of benzene rings is 1. The van der Waals surface area contributed by atoms with Crippen molar-refractivity contribution >= 4 is 17.7 Å². The Morgan fingerprint density at radius 1 is 1.14 bits per heavy atom. The third-order valence-electron chi connectivity index (χ3n) is 3.66. The monoisotopic (exact) mass is 300 g/mol. The zero-order valence-corrected chi connectivity index (χ0v) is 12.5. The highest BCUT2D eigenvalue weighted by Crippen LogP contribution is 2.42. The number of esters is 2. The number of methoxy groups -OCH3 is 2. The molecule has 2 rings (SSSR count). The number of Topliss-reactive ketones (excluding diaryl/α,β-unsaturated/α-hetero) is 1. The summed E-state index contributed by atoms with van der Waals surface area (Å²) < 4.78 is 9.37. The van der Waals surface area contributed by atoms with Crippen LogP contribution in [0.3, 0.4) is 0 Å². The second-order valence-corrected chi connectivity index (χ2v) is 5.21. The molecule has 0 radical (unpaired) electrons. The lowest BCUT2D eigenvalue weighted by atomic mass is 9.66. The Balaban J connectivity index is 2.05. The predicted molar refractivity (Wildman–Crippen MR) is 78.0 cm³/mol. The number of ether oxygens (including phenoxy) is 2. The molecule has 22 heavy (non-hydrogen) atoms. The largest absolute Gasteiger partial charge is 0.469 e. The zero-order valence-electron chi connectivity index (χ0n) is 12.5. The molecule has 5 heteroatoms. The highest BCUT2D eigenvalue weighted by atomic mass is 16.5. The number of rotatable bonds is 3. The Morgan fingerprint density at radius 2 is 1.77 bits per heavy atom. The second-order valence-electron chi connectivity index (χ2n) is 5.21. The molecule has 0 aromatic heterocycles. The van der Waals surface area contributed by atoms with Crippen LogP contribution in [0.25, 0.3) is 0 Å². The summed E-state index contributed by atoms with van der Waals surface area (Å²) in [7, 11) is 2.63. The highest BCUT2D eigenvalue weighted by Gasteiger charge is 2.50. The van der Waals surface area contributed by atoms with Crippen molar-refractivity contribution in [3.63, 3.8) is 0 Å². The van der Waals surface area contributed by atoms with E-state index in [-0.39, 0.29) is 31.0 Å². The van der Waals surface area contributed by atoms with Crippen LogP contribution in [0.4, 0.5) is 0 Å². The minimum atomic E-state index is -0.787. The van der Waals surface area contributed by atoms with Gasteiger partial charge in [-0.15, -0.1) is 0 Å². The maximum Gasteiger partial charge on any atom is 0.337 e. The molecule has 0 N–H and O–H groups in total. The van der Waals surface area contributed by atoms with Gasteiger partial charge in [0.1, 0.15) is 5.78 Å². The number of carbonyl (C=O) groups is 3. The Bertz CT molecular complexity index is 653. The topological polar surface area (TPSA) is 69.7 Å². The van der Waals surface area contributed by atoms with Crippen molar-refractivity contribution in [1.82, 2.24) is 0 Å². The molecule has 0 atom stereocenters. The van der Waals surface area contributed by atoms with Gasteiger partial charge in [0.2, 0.25) is 0 Å². The molecule has 0 saturated heterocycles. The lowest BCUT2D eigenvalue weighted by Crippen LogP contribution is -2.44. The van der Waals surface area contributed by atoms with Gasteiger partial charge in [0.05, 0.1) is 25.2 Å². The van der Waals surface area contributed by atoms with Gasteiger partial charge in [-0.25, -0.2) is 4.79 Å². The summed E-state index contributed by atoms with van der Waals surface area (Å²) in [6.07, 6.45) is 0.662. The molecule has 1 aromatic rings. The molecule has 1 aliphatic rings. The van der Waals surface area contributed by atoms with Gasteiger partial charge >= 0.3 is 11.9 Å². The van der Waals surface area contributed by atoms with Crippen LogP contribution in [-0.2, 0) is 19.1 Å². The van der Waals surface area contributed by atoms with E-state index in [1.807, 2.05) is 0 Å². The smallest absolute Gasteiger partial charge is 0.337 e. The average molecular weight is 300 g/mol. The van der Waals surface area contributed by atoms with Crippen molar-refractivity contribution in [2.24, 2.45) is 5.41 Å². The molecule has 114 valence electrons. The molecule has 0 amide bonds. The van der Waals surface area contributed by atoms with Gasteiger partial charge in [-0.05, 0) is 24.3 Å². The fourth-order valence-corrected chi connectivity index (χ4v) is 2.38. The van der Waals surface area contributed by atoms with Crippen LogP contribution in [-0.4, -0.2) is 31.9 Å². The van der Waals surface area contributed by atoms with Crippen LogP contribution in [0.15, 0.2) is 24.3 Å². The molecule has 1 aromatic carbocycles. The van der Waals surface area contributed by atoms with E-state index in [1.54, 1.807) is 24.3 Å². The lowest BCUT2D eigenvalue weighted by molar-refractivity contribution is -0.163. The molecule has 0 bridgehead atoms. The van der Waals surface area contributed by atoms with E-state index < -0.39 is 11.4 Å². The van der Waals surface area contributed by atoms with Crippen molar-refractivity contribution in [3.05, 3.63) is 35.4 Å². The van der Waals surface area contributed by atoms with Gasteiger partial charge in [-0.1, -0.05) is 11.8 Å². The van der Waals surface area contributed by atoms with E-state index in [0.717, 1.165) is 5.56 Å². The number of carbonyl (C=O) groups excluding carboxylic acids is 3. The average Bonchev–Trinajstić information content (AvgIpc) is 2.51. The van der Waals surface area contributed by atoms with Crippen LogP contribution in [0.5, 0.6) is 0 Å². The predicted octanol–water partition coefficient (Wildman–Crippen LogP) is 1.74. The van der Waals surface area contributed by atoms with Crippen LogP contribution < -0.4 is 0 Å². The molecule has 1 saturated carbocycles. The Morgan fingerprint density at radius 3 is 2.27 bits per heavy atom. The van der Waals surface area contributed by atoms with E-state index in [4.69, 9.17) is 4.74 Å². The lowest BCUT2D eigenvalue weighted by Gasteiger charge is -2.35. The van der Waals surface area contributed by atoms with Gasteiger partial charge in [-0.2, -0.15) is 0 Å². The summed E-state index contributed by atoms with van der Waals surface area (Å²) in [4.78, 5) is 34.3. The Hall–Kier alpha value is -2.61. The summed E-state index contributed by atoms with van der Waals surface area (Å²) in [6.45, 7) is 0. The summed E-state index contributed by atoms with van der Waals surface area (Å²) in [5.41, 5.74) is 0.382. The van der Waals surface area contributed by atoms with E-state index in [9.17, 15) is 14.4 Å². The highest BCUT2D eigenvalue weighted by molar-refractivity contribution is 5.97. The normalized spacial score (nSPS) is 15.1. The van der Waals surface area contributed by atoms with Gasteiger partial charge in [-0.3, -0.25) is 9.59 Å². The van der Waals surface area contributed by atoms with Crippen LogP contribution >= 0.6 is 0 Å². The minimum absolute atomic E-state index is 0.0506. The standard InChI is InChI=1S/C17H16O5/c1-21-15(19)13-7-5-12(6-8-13)4-3-9-17(16(20)22-2)10-14(18)11-17/h5-8H,9-11H2,1-2H3. The number of hydrogen-bond donors (Lipinski definition) is 0. The summed E-state index contributed by atoms with van der Waals surface area (Å²) in [5.74, 6) is 5.11. The van der Waals surface area contributed by atoms with E-state index in [1.165, 1.54) is 14.2 Å². The van der Waals surface area contributed by atoms with E-state index in [0.29, 0.717) is 5.56 Å². The molecule has 0 unspecified atom stereocenters. The molecular formula is C17H16O5. The molecule has 1 fully saturated rings. The quantitative estimate of drug-likeness (QED) is 0.628. The van der Waals surface area contributed by atoms with Crippen LogP contribution in [0.2, 0.25) is 0 Å². The number of ketones is 1. The molecule has 0 heterocycles. The van der Waals surface area contributed by atoms with Crippen molar-refractivity contribution in [2.75, 3.05) is 14.2 Å². The van der Waals surface area contributed by atoms with Gasteiger partial charge < -0.3 is 9.47 Å². The zero-order chi connectivity index (χ0) is 16.2. The van der Waals surface area contributed by atoms with Crippen molar-refractivity contribution < 1.29 is 23.9 Å². The van der Waals surface area contributed by atoms with Gasteiger partial charge in [0.15, 0.2) is 0 Å². The summed E-state index contributed by atoms with van der Waals surface area (Å²) in [5, 5.41) is 0. The maximum atomic E-state index is 11.8. The van der Waals surface area contributed by atoms with Crippen LogP contribution in [0, 0.1) is 17.3 Å².